The van der Waals surface area contributed by atoms with Crippen LogP contribution in [-0.4, -0.2) is 66.1 Å². The Morgan fingerprint density at radius 1 is 0.964 bits per heavy atom. The predicted molar refractivity (Wildman–Crippen MR) is 113 cm³/mol. The Hall–Kier alpha value is -1.53. The molecule has 0 bridgehead atoms. The molecule has 0 atom stereocenters. The number of hydrogen-bond donors (Lipinski definition) is 1. The quantitative estimate of drug-likeness (QED) is 0.771. The first-order chi connectivity index (χ1) is 13.7. The number of likely N-dealkylation sites (tertiary alicyclic amines) is 2. The van der Waals surface area contributed by atoms with Gasteiger partial charge in [-0.3, -0.25) is 9.59 Å². The summed E-state index contributed by atoms with van der Waals surface area (Å²) < 4.78 is 0. The van der Waals surface area contributed by atoms with E-state index < -0.39 is 0 Å². The van der Waals surface area contributed by atoms with E-state index in [0.29, 0.717) is 12.1 Å². The van der Waals surface area contributed by atoms with Gasteiger partial charge in [0, 0.05) is 36.0 Å². The van der Waals surface area contributed by atoms with Gasteiger partial charge in [-0.25, -0.2) is 0 Å². The summed E-state index contributed by atoms with van der Waals surface area (Å²) in [4.78, 5) is 30.8. The van der Waals surface area contributed by atoms with Crippen molar-refractivity contribution in [1.29, 1.82) is 0 Å². The number of thioether (sulfide) groups is 1. The van der Waals surface area contributed by atoms with E-state index in [9.17, 15) is 9.59 Å². The third-order valence-corrected chi connectivity index (χ3v) is 7.23. The SMILES string of the molecule is CSc1ccccc1C(=O)N1CCC(N2CCC(C(=O)NC3CC3)CC2)CC1. The Kier molecular flexibility index (Phi) is 6.26. The van der Waals surface area contributed by atoms with Crippen molar-refractivity contribution in [3.8, 4) is 0 Å². The number of carbonyl (C=O) groups is 2. The minimum atomic E-state index is 0.166. The molecule has 5 nitrogen and oxygen atoms in total. The minimum absolute atomic E-state index is 0.166. The van der Waals surface area contributed by atoms with E-state index in [1.807, 2.05) is 35.4 Å². The van der Waals surface area contributed by atoms with Crippen LogP contribution in [0, 0.1) is 5.92 Å². The number of nitrogens with zero attached hydrogens (tertiary/aromatic N) is 2. The molecule has 0 spiro atoms. The molecule has 2 amide bonds. The van der Waals surface area contributed by atoms with Gasteiger partial charge in [0.25, 0.3) is 5.91 Å². The van der Waals surface area contributed by atoms with Crippen LogP contribution in [-0.2, 0) is 4.79 Å². The lowest BCUT2D eigenvalue weighted by atomic mass is 9.92. The highest BCUT2D eigenvalue weighted by Gasteiger charge is 2.33. The van der Waals surface area contributed by atoms with Crippen LogP contribution < -0.4 is 5.32 Å². The van der Waals surface area contributed by atoms with Crippen molar-refractivity contribution in [2.24, 2.45) is 5.92 Å². The van der Waals surface area contributed by atoms with Crippen molar-refractivity contribution in [3.63, 3.8) is 0 Å². The summed E-state index contributed by atoms with van der Waals surface area (Å²) in [5, 5.41) is 3.16. The number of piperidine rings is 2. The van der Waals surface area contributed by atoms with Crippen LogP contribution in [0.3, 0.4) is 0 Å². The van der Waals surface area contributed by atoms with Gasteiger partial charge in [0.15, 0.2) is 0 Å². The summed E-state index contributed by atoms with van der Waals surface area (Å²) >= 11 is 1.63. The Balaban J connectivity index is 1.25. The number of amides is 2. The zero-order valence-electron chi connectivity index (χ0n) is 16.7. The van der Waals surface area contributed by atoms with Crippen molar-refractivity contribution < 1.29 is 9.59 Å². The number of rotatable bonds is 5. The van der Waals surface area contributed by atoms with E-state index in [2.05, 4.69) is 10.2 Å². The largest absolute Gasteiger partial charge is 0.353 e. The summed E-state index contributed by atoms with van der Waals surface area (Å²) in [6.45, 7) is 3.68. The number of hydrogen-bond acceptors (Lipinski definition) is 4. The molecule has 1 aliphatic carbocycles. The van der Waals surface area contributed by atoms with Crippen LogP contribution in [0.15, 0.2) is 29.2 Å². The van der Waals surface area contributed by atoms with Crippen LogP contribution >= 0.6 is 11.8 Å². The lowest BCUT2D eigenvalue weighted by Crippen LogP contribution is -2.50. The second-order valence-corrected chi connectivity index (χ2v) is 9.16. The first kappa shape index (κ1) is 19.8. The second-order valence-electron chi connectivity index (χ2n) is 8.32. The highest BCUT2D eigenvalue weighted by atomic mass is 32.2. The van der Waals surface area contributed by atoms with Gasteiger partial charge in [-0.2, -0.15) is 0 Å². The van der Waals surface area contributed by atoms with Crippen LogP contribution in [0.25, 0.3) is 0 Å². The van der Waals surface area contributed by atoms with Crippen LogP contribution in [0.1, 0.15) is 48.9 Å². The molecule has 3 aliphatic rings. The molecule has 0 unspecified atom stereocenters. The number of nitrogens with one attached hydrogen (secondary N) is 1. The van der Waals surface area contributed by atoms with Gasteiger partial charge >= 0.3 is 0 Å². The molecule has 28 heavy (non-hydrogen) atoms. The van der Waals surface area contributed by atoms with E-state index >= 15 is 0 Å². The van der Waals surface area contributed by atoms with E-state index in [-0.39, 0.29) is 17.7 Å². The molecule has 1 aromatic rings. The molecule has 1 N–H and O–H groups in total. The van der Waals surface area contributed by atoms with Crippen molar-refractivity contribution >= 4 is 23.6 Å². The molecule has 2 saturated heterocycles. The number of benzene rings is 1. The first-order valence-electron chi connectivity index (χ1n) is 10.6. The van der Waals surface area contributed by atoms with Crippen LogP contribution in [0.5, 0.6) is 0 Å². The smallest absolute Gasteiger partial charge is 0.254 e. The lowest BCUT2D eigenvalue weighted by molar-refractivity contribution is -0.126. The molecule has 2 heterocycles. The van der Waals surface area contributed by atoms with Gasteiger partial charge in [-0.05, 0) is 70.0 Å². The third-order valence-electron chi connectivity index (χ3n) is 6.43. The summed E-state index contributed by atoms with van der Waals surface area (Å²) in [6.07, 6.45) is 8.34. The van der Waals surface area contributed by atoms with Gasteiger partial charge in [-0.15, -0.1) is 11.8 Å². The minimum Gasteiger partial charge on any atom is -0.353 e. The highest BCUT2D eigenvalue weighted by Crippen LogP contribution is 2.27. The summed E-state index contributed by atoms with van der Waals surface area (Å²) in [5.74, 6) is 0.635. The molecular formula is C22H31N3O2S. The zero-order valence-corrected chi connectivity index (χ0v) is 17.5. The van der Waals surface area contributed by atoms with E-state index in [0.717, 1.165) is 75.2 Å². The molecule has 0 aromatic heterocycles. The summed E-state index contributed by atoms with van der Waals surface area (Å²) in [6, 6.07) is 8.91. The Morgan fingerprint density at radius 3 is 2.29 bits per heavy atom. The molecule has 1 saturated carbocycles. The molecule has 0 radical (unpaired) electrons. The van der Waals surface area contributed by atoms with E-state index in [1.165, 1.54) is 0 Å². The van der Waals surface area contributed by atoms with Crippen molar-refractivity contribution in [1.82, 2.24) is 15.1 Å². The maximum absolute atomic E-state index is 12.9. The fraction of sp³-hybridized carbons (Fsp3) is 0.636. The molecular weight excluding hydrogens is 370 g/mol. The summed E-state index contributed by atoms with van der Waals surface area (Å²) in [5.41, 5.74) is 0.830. The topological polar surface area (TPSA) is 52.7 Å². The average molecular weight is 402 g/mol. The van der Waals surface area contributed by atoms with Gasteiger partial charge < -0.3 is 15.1 Å². The molecule has 1 aromatic carbocycles. The fourth-order valence-electron chi connectivity index (χ4n) is 4.50. The van der Waals surface area contributed by atoms with E-state index in [4.69, 9.17) is 0 Å². The third kappa shape index (κ3) is 4.54. The predicted octanol–water partition coefficient (Wildman–Crippen LogP) is 3.00. The molecule has 6 heteroatoms. The molecule has 152 valence electrons. The normalized spacial score (nSPS) is 22.2. The summed E-state index contributed by atoms with van der Waals surface area (Å²) in [7, 11) is 0. The second kappa shape index (κ2) is 8.87. The molecule has 4 rings (SSSR count). The van der Waals surface area contributed by atoms with Crippen LogP contribution in [0.4, 0.5) is 0 Å². The lowest BCUT2D eigenvalue weighted by Gasteiger charge is -2.41. The monoisotopic (exact) mass is 401 g/mol. The first-order valence-corrected chi connectivity index (χ1v) is 11.8. The molecule has 2 aliphatic heterocycles. The molecule has 3 fully saturated rings. The van der Waals surface area contributed by atoms with Crippen molar-refractivity contribution in [2.75, 3.05) is 32.4 Å². The Morgan fingerprint density at radius 2 is 1.64 bits per heavy atom. The van der Waals surface area contributed by atoms with Gasteiger partial charge in [0.1, 0.15) is 0 Å². The van der Waals surface area contributed by atoms with Gasteiger partial charge in [0.2, 0.25) is 5.91 Å². The maximum atomic E-state index is 12.9. The van der Waals surface area contributed by atoms with Gasteiger partial charge in [0.05, 0.1) is 5.56 Å². The van der Waals surface area contributed by atoms with Crippen molar-refractivity contribution in [2.45, 2.75) is 55.5 Å². The fourth-order valence-corrected chi connectivity index (χ4v) is 5.09. The average Bonchev–Trinajstić information content (AvgIpc) is 3.57. The van der Waals surface area contributed by atoms with Crippen LogP contribution in [0.2, 0.25) is 0 Å². The standard InChI is InChI=1S/C22H31N3O2S/c1-28-20-5-3-2-4-19(20)22(27)25-14-10-18(11-15-25)24-12-8-16(9-13-24)21(26)23-17-6-7-17/h2-5,16-18H,6-15H2,1H3,(H,23,26). The maximum Gasteiger partial charge on any atom is 0.254 e. The van der Waals surface area contributed by atoms with E-state index in [1.54, 1.807) is 11.8 Å². The number of carbonyl (C=O) groups excluding carboxylic acids is 2. The van der Waals surface area contributed by atoms with Crippen molar-refractivity contribution in [3.05, 3.63) is 29.8 Å². The Labute approximate surface area is 172 Å². The Bertz CT molecular complexity index is 705. The zero-order chi connectivity index (χ0) is 19.5. The van der Waals surface area contributed by atoms with Gasteiger partial charge in [-0.1, -0.05) is 12.1 Å². The highest BCUT2D eigenvalue weighted by molar-refractivity contribution is 7.98.